The van der Waals surface area contributed by atoms with E-state index in [0.29, 0.717) is 25.5 Å². The minimum absolute atomic E-state index is 0. The largest absolute Gasteiger partial charge is 0.357 e. The number of likely N-dealkylation sites (N-methyl/N-ethyl adjacent to an activating group) is 2. The summed E-state index contributed by atoms with van der Waals surface area (Å²) in [5, 5.41) is 6.48. The van der Waals surface area contributed by atoms with E-state index in [1.54, 1.807) is 30.9 Å². The minimum atomic E-state index is -0.575. The average Bonchev–Trinajstić information content (AvgIpc) is 2.60. The predicted molar refractivity (Wildman–Crippen MR) is 118 cm³/mol. The van der Waals surface area contributed by atoms with Gasteiger partial charge in [-0.25, -0.2) is 8.78 Å². The molecule has 0 bridgehead atoms. The number of amides is 1. The molecule has 9 heteroatoms. The number of halogens is 3. The molecule has 1 fully saturated rings. The third-order valence-corrected chi connectivity index (χ3v) is 4.69. The first-order valence-corrected chi connectivity index (χ1v) is 9.22. The van der Waals surface area contributed by atoms with Crippen molar-refractivity contribution in [1.82, 2.24) is 20.4 Å². The first-order valence-electron chi connectivity index (χ1n) is 9.22. The molecule has 1 heterocycles. The van der Waals surface area contributed by atoms with E-state index in [2.05, 4.69) is 15.6 Å². The third kappa shape index (κ3) is 6.54. The highest BCUT2D eigenvalue weighted by Crippen LogP contribution is 2.24. The van der Waals surface area contributed by atoms with Crippen LogP contribution in [0, 0.1) is 11.6 Å². The number of hydrogen-bond acceptors (Lipinski definition) is 3. The Hall–Kier alpha value is -1.49. The van der Waals surface area contributed by atoms with Gasteiger partial charge in [-0.05, 0) is 39.6 Å². The lowest BCUT2D eigenvalue weighted by Gasteiger charge is -2.31. The molecule has 0 radical (unpaired) electrons. The molecule has 1 aliphatic heterocycles. The molecule has 158 valence electrons. The minimum Gasteiger partial charge on any atom is -0.357 e. The van der Waals surface area contributed by atoms with Crippen molar-refractivity contribution < 1.29 is 13.6 Å². The molecule has 0 spiro atoms. The lowest BCUT2D eigenvalue weighted by Crippen LogP contribution is -2.51. The number of aliphatic imine (C=N–C) groups is 1. The Morgan fingerprint density at radius 2 is 2.00 bits per heavy atom. The first-order chi connectivity index (χ1) is 12.8. The Morgan fingerprint density at radius 3 is 2.54 bits per heavy atom. The molecule has 1 aromatic rings. The van der Waals surface area contributed by atoms with Crippen molar-refractivity contribution in [3.8, 4) is 0 Å². The van der Waals surface area contributed by atoms with Crippen LogP contribution in [0.5, 0.6) is 0 Å². The average molecular weight is 509 g/mol. The summed E-state index contributed by atoms with van der Waals surface area (Å²) in [7, 11) is 5.32. The number of piperidine rings is 1. The van der Waals surface area contributed by atoms with E-state index < -0.39 is 17.7 Å². The third-order valence-electron chi connectivity index (χ3n) is 4.69. The molecule has 0 aromatic heterocycles. The molecule has 1 saturated heterocycles. The van der Waals surface area contributed by atoms with Gasteiger partial charge in [-0.1, -0.05) is 6.07 Å². The molecule has 2 rings (SSSR count). The van der Waals surface area contributed by atoms with Crippen LogP contribution in [0.4, 0.5) is 8.78 Å². The number of benzene rings is 1. The second-order valence-corrected chi connectivity index (χ2v) is 6.99. The second kappa shape index (κ2) is 11.5. The molecular weight excluding hydrogens is 479 g/mol. The van der Waals surface area contributed by atoms with Gasteiger partial charge in [0.1, 0.15) is 11.6 Å². The van der Waals surface area contributed by atoms with Gasteiger partial charge in [0.25, 0.3) is 0 Å². The molecule has 6 nitrogen and oxygen atoms in total. The monoisotopic (exact) mass is 509 g/mol. The summed E-state index contributed by atoms with van der Waals surface area (Å²) >= 11 is 0. The maximum atomic E-state index is 14.2. The highest BCUT2D eigenvalue weighted by Gasteiger charge is 2.25. The van der Waals surface area contributed by atoms with Crippen molar-refractivity contribution in [2.75, 3.05) is 40.8 Å². The summed E-state index contributed by atoms with van der Waals surface area (Å²) in [5.74, 6) is -0.435. The van der Waals surface area contributed by atoms with Crippen LogP contribution < -0.4 is 10.6 Å². The summed E-state index contributed by atoms with van der Waals surface area (Å²) in [6.45, 7) is 3.41. The lowest BCUT2D eigenvalue weighted by molar-refractivity contribution is -0.132. The van der Waals surface area contributed by atoms with Gasteiger partial charge in [0, 0.05) is 38.2 Å². The smallest absolute Gasteiger partial charge is 0.222 e. The van der Waals surface area contributed by atoms with Crippen LogP contribution in [0.3, 0.4) is 0 Å². The number of hydrogen-bond donors (Lipinski definition) is 2. The van der Waals surface area contributed by atoms with E-state index in [-0.39, 0.29) is 48.0 Å². The maximum Gasteiger partial charge on any atom is 0.222 e. The van der Waals surface area contributed by atoms with Crippen LogP contribution in [0.15, 0.2) is 23.2 Å². The van der Waals surface area contributed by atoms with Crippen LogP contribution in [0.2, 0.25) is 0 Å². The standard InChI is InChI=1S/C19H29F2N5O.HI/c1-5-22-19(24-13-9-10-17(27)26(4)12-13)23-11-16(25(2)3)18-14(20)7-6-8-15(18)21;/h6-8,13,16H,5,9-12H2,1-4H3,(H2,22,23,24);1H. The number of carbonyl (C=O) groups is 1. The van der Waals surface area contributed by atoms with Gasteiger partial charge in [0.15, 0.2) is 5.96 Å². The summed E-state index contributed by atoms with van der Waals surface area (Å²) in [6, 6.07) is 3.44. The van der Waals surface area contributed by atoms with Crippen molar-refractivity contribution in [2.45, 2.75) is 31.8 Å². The molecule has 1 aromatic carbocycles. The summed E-state index contributed by atoms with van der Waals surface area (Å²) < 4.78 is 28.4. The number of likely N-dealkylation sites (tertiary alicyclic amines) is 1. The fourth-order valence-corrected chi connectivity index (χ4v) is 3.16. The molecule has 2 atom stereocenters. The summed E-state index contributed by atoms with van der Waals surface area (Å²) in [4.78, 5) is 19.6. The molecule has 1 aliphatic rings. The molecule has 1 amide bonds. The van der Waals surface area contributed by atoms with Gasteiger partial charge in [-0.15, -0.1) is 24.0 Å². The molecule has 0 aliphatic carbocycles. The Kier molecular flexibility index (Phi) is 10.1. The quantitative estimate of drug-likeness (QED) is 0.352. The normalized spacial score (nSPS) is 18.7. The van der Waals surface area contributed by atoms with Gasteiger partial charge in [-0.3, -0.25) is 9.79 Å². The summed E-state index contributed by atoms with van der Waals surface area (Å²) in [5.41, 5.74) is 0.0186. The van der Waals surface area contributed by atoms with E-state index in [0.717, 1.165) is 6.42 Å². The topological polar surface area (TPSA) is 60.0 Å². The van der Waals surface area contributed by atoms with E-state index in [4.69, 9.17) is 0 Å². The molecular formula is C19H30F2IN5O. The van der Waals surface area contributed by atoms with Crippen LogP contribution >= 0.6 is 24.0 Å². The number of guanidine groups is 1. The Labute approximate surface area is 182 Å². The Balaban J connectivity index is 0.00000392. The number of nitrogens with one attached hydrogen (secondary N) is 2. The molecule has 2 unspecified atom stereocenters. The highest BCUT2D eigenvalue weighted by atomic mass is 127. The fourth-order valence-electron chi connectivity index (χ4n) is 3.16. The number of rotatable bonds is 6. The van der Waals surface area contributed by atoms with Crippen LogP contribution in [0.25, 0.3) is 0 Å². The zero-order valence-corrected chi connectivity index (χ0v) is 19.2. The lowest BCUT2D eigenvalue weighted by atomic mass is 10.0. The number of nitrogens with zero attached hydrogens (tertiary/aromatic N) is 3. The van der Waals surface area contributed by atoms with Crippen LogP contribution in [-0.4, -0.2) is 68.5 Å². The van der Waals surface area contributed by atoms with Crippen molar-refractivity contribution in [3.05, 3.63) is 35.4 Å². The first kappa shape index (κ1) is 24.5. The zero-order chi connectivity index (χ0) is 20.0. The summed E-state index contributed by atoms with van der Waals surface area (Å²) in [6.07, 6.45) is 1.22. The van der Waals surface area contributed by atoms with Gasteiger partial charge < -0.3 is 20.4 Å². The van der Waals surface area contributed by atoms with Crippen molar-refractivity contribution in [1.29, 1.82) is 0 Å². The molecule has 28 heavy (non-hydrogen) atoms. The van der Waals surface area contributed by atoms with Crippen molar-refractivity contribution >= 4 is 35.8 Å². The van der Waals surface area contributed by atoms with E-state index in [9.17, 15) is 13.6 Å². The zero-order valence-electron chi connectivity index (χ0n) is 16.8. The van der Waals surface area contributed by atoms with Gasteiger partial charge in [0.05, 0.1) is 12.6 Å². The van der Waals surface area contributed by atoms with Gasteiger partial charge in [0.2, 0.25) is 5.91 Å². The van der Waals surface area contributed by atoms with E-state index in [1.165, 1.54) is 18.2 Å². The van der Waals surface area contributed by atoms with Crippen molar-refractivity contribution in [3.63, 3.8) is 0 Å². The second-order valence-electron chi connectivity index (χ2n) is 6.99. The maximum absolute atomic E-state index is 14.2. The fraction of sp³-hybridized carbons (Fsp3) is 0.579. The SMILES string of the molecule is CCNC(=NCC(c1c(F)cccc1F)N(C)C)NC1CCC(=O)N(C)C1.I. The highest BCUT2D eigenvalue weighted by molar-refractivity contribution is 14.0. The molecule has 2 N–H and O–H groups in total. The van der Waals surface area contributed by atoms with Crippen LogP contribution in [-0.2, 0) is 4.79 Å². The van der Waals surface area contributed by atoms with Crippen LogP contribution in [0.1, 0.15) is 31.4 Å². The van der Waals surface area contributed by atoms with E-state index in [1.807, 2.05) is 6.92 Å². The van der Waals surface area contributed by atoms with Crippen molar-refractivity contribution in [2.24, 2.45) is 4.99 Å². The van der Waals surface area contributed by atoms with Gasteiger partial charge >= 0.3 is 0 Å². The Bertz CT molecular complexity index is 666. The Morgan fingerprint density at radius 1 is 1.36 bits per heavy atom. The number of carbonyl (C=O) groups excluding carboxylic acids is 1. The predicted octanol–water partition coefficient (Wildman–Crippen LogP) is 2.36. The molecule has 0 saturated carbocycles. The van der Waals surface area contributed by atoms with Gasteiger partial charge in [-0.2, -0.15) is 0 Å². The van der Waals surface area contributed by atoms with E-state index >= 15 is 0 Å².